The van der Waals surface area contributed by atoms with Gasteiger partial charge in [-0.15, -0.1) is 0 Å². The number of ether oxygens (including phenoxy) is 1. The molecule has 1 aromatic heterocycles. The number of carbonyl (C=O) groups excluding carboxylic acids is 2. The summed E-state index contributed by atoms with van der Waals surface area (Å²) in [6.07, 6.45) is 0.959. The number of hydrogen-bond donors (Lipinski definition) is 3. The van der Waals surface area contributed by atoms with Gasteiger partial charge in [0, 0.05) is 37.1 Å². The Kier molecular flexibility index (Phi) is 7.92. The third-order valence-corrected chi connectivity index (χ3v) is 7.12. The number of anilines is 2. The fourth-order valence-corrected chi connectivity index (χ4v) is 4.85. The van der Waals surface area contributed by atoms with E-state index >= 15 is 0 Å². The smallest absolute Gasteiger partial charge is 0.310 e. The van der Waals surface area contributed by atoms with Crippen molar-refractivity contribution in [2.24, 2.45) is 0 Å². The molecule has 4 N–H and O–H groups in total. The monoisotopic (exact) mass is 528 g/mol. The van der Waals surface area contributed by atoms with Gasteiger partial charge in [0.2, 0.25) is 0 Å². The molecular weight excluding hydrogens is 494 g/mol. The minimum absolute atomic E-state index is 0.00684. The van der Waals surface area contributed by atoms with Gasteiger partial charge in [0.15, 0.2) is 0 Å². The van der Waals surface area contributed by atoms with Crippen molar-refractivity contribution >= 4 is 40.5 Å². The number of benzene rings is 3. The molecule has 0 spiro atoms. The number of amides is 2. The summed E-state index contributed by atoms with van der Waals surface area (Å²) >= 11 is 0. The van der Waals surface area contributed by atoms with E-state index in [1.165, 1.54) is 0 Å². The lowest BCUT2D eigenvalue weighted by Crippen LogP contribution is -2.59. The highest BCUT2D eigenvalue weighted by Gasteiger charge is 2.37. The van der Waals surface area contributed by atoms with E-state index in [2.05, 4.69) is 15.5 Å². The molecule has 1 unspecified atom stereocenters. The molecule has 2 amide bonds. The third kappa shape index (κ3) is 5.96. The summed E-state index contributed by atoms with van der Waals surface area (Å²) in [5.41, 5.74) is 9.31. The van der Waals surface area contributed by atoms with E-state index in [0.29, 0.717) is 41.8 Å². The minimum atomic E-state index is -0.257. The number of nitrogens with one attached hydrogen (secondary N) is 2. The van der Waals surface area contributed by atoms with Gasteiger partial charge in [-0.05, 0) is 48.9 Å². The zero-order valence-electron chi connectivity index (χ0n) is 22.1. The van der Waals surface area contributed by atoms with E-state index in [4.69, 9.17) is 14.9 Å². The van der Waals surface area contributed by atoms with Crippen molar-refractivity contribution in [3.63, 3.8) is 0 Å². The molecule has 0 bridgehead atoms. The summed E-state index contributed by atoms with van der Waals surface area (Å²) in [6, 6.07) is 22.0. The lowest BCUT2D eigenvalue weighted by molar-refractivity contribution is -0.120. The zero-order chi connectivity index (χ0) is 27.2. The molecule has 2 heterocycles. The molecule has 0 radical (unpaired) electrons. The van der Waals surface area contributed by atoms with Crippen LogP contribution in [-0.4, -0.2) is 63.2 Å². The van der Waals surface area contributed by atoms with Gasteiger partial charge in [-0.3, -0.25) is 9.69 Å². The van der Waals surface area contributed by atoms with Crippen LogP contribution in [0.2, 0.25) is 0 Å². The summed E-state index contributed by atoms with van der Waals surface area (Å²) in [4.78, 5) is 27.7. The van der Waals surface area contributed by atoms with Crippen LogP contribution in [0, 0.1) is 6.92 Å². The number of quaternary nitrogens is 1. The number of aryl methyl sites for hydroxylation is 1. The quantitative estimate of drug-likeness (QED) is 0.162. The number of fused-ring (bicyclic) bond motifs is 1. The summed E-state index contributed by atoms with van der Waals surface area (Å²) in [5.74, 6) is 0.952. The van der Waals surface area contributed by atoms with Crippen molar-refractivity contribution in [3.8, 4) is 5.75 Å². The Bertz CT molecular complexity index is 1450. The van der Waals surface area contributed by atoms with E-state index in [0.717, 1.165) is 49.1 Å². The predicted molar refractivity (Wildman–Crippen MR) is 154 cm³/mol. The highest BCUT2D eigenvalue weighted by Crippen LogP contribution is 2.32. The number of piperazine rings is 1. The van der Waals surface area contributed by atoms with Crippen molar-refractivity contribution in [1.82, 2.24) is 14.7 Å². The number of carbonyl (C=O) groups is 2. The fourth-order valence-electron chi connectivity index (χ4n) is 4.85. The maximum Gasteiger partial charge on any atom is 0.310 e. The van der Waals surface area contributed by atoms with Crippen molar-refractivity contribution < 1.29 is 18.7 Å². The number of para-hydroxylation sites is 3. The Labute approximate surface area is 227 Å². The van der Waals surface area contributed by atoms with Crippen LogP contribution in [0.4, 0.5) is 17.3 Å². The summed E-state index contributed by atoms with van der Waals surface area (Å²) in [7, 11) is 0. The SMILES string of the molecule is Cc1cccc2cc([N+](C=O)(CCOc3ccc(C(=O)Nc4ccccc4N)cc3)CN3CCNCC3)oc12. The maximum absolute atomic E-state index is 12.8. The van der Waals surface area contributed by atoms with Crippen LogP contribution in [-0.2, 0) is 4.79 Å². The summed E-state index contributed by atoms with van der Waals surface area (Å²) in [5, 5.41) is 7.16. The van der Waals surface area contributed by atoms with Gasteiger partial charge in [0.1, 0.15) is 31.2 Å². The van der Waals surface area contributed by atoms with Crippen molar-refractivity contribution in [2.75, 3.05) is 57.0 Å². The maximum atomic E-state index is 12.8. The molecule has 1 saturated heterocycles. The first-order valence-corrected chi connectivity index (χ1v) is 13.1. The molecule has 1 aliphatic heterocycles. The number of hydrogen-bond acceptors (Lipinski definition) is 7. The third-order valence-electron chi connectivity index (χ3n) is 7.12. The standard InChI is InChI=1S/C30H33N5O4/c1-22-5-4-6-24-19-28(39-29(22)24)35(21-36,20-34-15-13-32-14-16-34)17-18-38-25-11-9-23(10-12-25)30(37)33-27-8-3-2-7-26(27)31/h2-12,19,21,32H,13-18,20,31H2,1H3/p+1. The van der Waals surface area contributed by atoms with Crippen LogP contribution in [0.25, 0.3) is 11.0 Å². The molecule has 1 fully saturated rings. The Balaban J connectivity index is 1.29. The average molecular weight is 529 g/mol. The summed E-state index contributed by atoms with van der Waals surface area (Å²) < 4.78 is 12.3. The van der Waals surface area contributed by atoms with Crippen LogP contribution >= 0.6 is 0 Å². The number of nitrogens with two attached hydrogens (primary N) is 1. The molecule has 9 heteroatoms. The highest BCUT2D eigenvalue weighted by molar-refractivity contribution is 6.05. The molecule has 39 heavy (non-hydrogen) atoms. The Morgan fingerprint density at radius 3 is 2.59 bits per heavy atom. The first kappa shape index (κ1) is 26.4. The molecule has 4 aromatic rings. The van der Waals surface area contributed by atoms with E-state index in [1.54, 1.807) is 36.4 Å². The van der Waals surface area contributed by atoms with Crippen LogP contribution in [0.5, 0.6) is 5.75 Å². The van der Waals surface area contributed by atoms with Crippen molar-refractivity contribution in [2.45, 2.75) is 6.92 Å². The molecular formula is C30H34N5O4+. The fraction of sp³-hybridized carbons (Fsp3) is 0.267. The van der Waals surface area contributed by atoms with Crippen LogP contribution in [0.3, 0.4) is 0 Å². The van der Waals surface area contributed by atoms with Crippen molar-refractivity contribution in [1.29, 1.82) is 0 Å². The minimum Gasteiger partial charge on any atom is -0.488 e. The molecule has 3 aromatic carbocycles. The molecule has 5 rings (SSSR count). The number of rotatable bonds is 10. The average Bonchev–Trinajstić information content (AvgIpc) is 3.41. The largest absolute Gasteiger partial charge is 0.488 e. The number of furan rings is 1. The molecule has 0 saturated carbocycles. The second kappa shape index (κ2) is 11.7. The van der Waals surface area contributed by atoms with E-state index in [1.807, 2.05) is 43.3 Å². The predicted octanol–water partition coefficient (Wildman–Crippen LogP) is 3.98. The van der Waals surface area contributed by atoms with Gasteiger partial charge in [-0.2, -0.15) is 4.48 Å². The van der Waals surface area contributed by atoms with Gasteiger partial charge < -0.3 is 25.5 Å². The second-order valence-electron chi connectivity index (χ2n) is 9.86. The van der Waals surface area contributed by atoms with Crippen LogP contribution in [0.1, 0.15) is 15.9 Å². The molecule has 1 aliphatic rings. The Morgan fingerprint density at radius 2 is 1.87 bits per heavy atom. The first-order valence-electron chi connectivity index (χ1n) is 13.1. The van der Waals surface area contributed by atoms with E-state index < -0.39 is 0 Å². The number of nitrogen functional groups attached to an aromatic ring is 1. The van der Waals surface area contributed by atoms with Crippen LogP contribution in [0.15, 0.2) is 77.2 Å². The normalized spacial score (nSPS) is 15.5. The highest BCUT2D eigenvalue weighted by atomic mass is 16.5. The first-order chi connectivity index (χ1) is 19.0. The van der Waals surface area contributed by atoms with Crippen molar-refractivity contribution in [3.05, 3.63) is 83.9 Å². The lowest BCUT2D eigenvalue weighted by Gasteiger charge is -2.35. The second-order valence-corrected chi connectivity index (χ2v) is 9.86. The van der Waals surface area contributed by atoms with Gasteiger partial charge >= 0.3 is 12.3 Å². The Hall–Kier alpha value is -4.18. The topological polar surface area (TPSA) is 110 Å². The molecule has 202 valence electrons. The van der Waals surface area contributed by atoms with E-state index in [-0.39, 0.29) is 17.0 Å². The van der Waals surface area contributed by atoms with E-state index in [9.17, 15) is 9.59 Å². The number of nitrogens with zero attached hydrogens (tertiary/aromatic N) is 2. The molecule has 1 atom stereocenters. The van der Waals surface area contributed by atoms with Gasteiger partial charge in [-0.25, -0.2) is 4.79 Å². The summed E-state index contributed by atoms with van der Waals surface area (Å²) in [6.45, 7) is 6.64. The molecule has 0 aliphatic carbocycles. The van der Waals surface area contributed by atoms with Gasteiger partial charge in [0.25, 0.3) is 5.91 Å². The van der Waals surface area contributed by atoms with Crippen LogP contribution < -0.4 is 25.6 Å². The Morgan fingerprint density at radius 1 is 1.10 bits per heavy atom. The van der Waals surface area contributed by atoms with Gasteiger partial charge in [0.05, 0.1) is 17.4 Å². The molecule has 9 nitrogen and oxygen atoms in total. The lowest BCUT2D eigenvalue weighted by atomic mass is 10.2. The zero-order valence-corrected chi connectivity index (χ0v) is 22.1. The van der Waals surface area contributed by atoms with Gasteiger partial charge in [-0.1, -0.05) is 30.3 Å².